The van der Waals surface area contributed by atoms with E-state index in [4.69, 9.17) is 5.73 Å². The van der Waals surface area contributed by atoms with E-state index >= 15 is 0 Å². The number of halogens is 4. The number of fused-ring (bicyclic) bond motifs is 1. The second-order valence-corrected chi connectivity index (χ2v) is 2.86. The van der Waals surface area contributed by atoms with Crippen LogP contribution in [-0.2, 0) is 6.18 Å². The van der Waals surface area contributed by atoms with Gasteiger partial charge in [-0.25, -0.2) is 4.98 Å². The molecule has 0 saturated heterocycles. The predicted molar refractivity (Wildman–Crippen MR) is 45.5 cm³/mol. The van der Waals surface area contributed by atoms with E-state index in [1.807, 2.05) is 0 Å². The van der Waals surface area contributed by atoms with Gasteiger partial charge in [-0.05, 0) is 18.2 Å². The third-order valence-electron chi connectivity index (χ3n) is 1.77. The topological polar surface area (TPSA) is 54.7 Å². The molecule has 0 radical (unpaired) electrons. The van der Waals surface area contributed by atoms with Crippen molar-refractivity contribution in [2.45, 2.75) is 6.18 Å². The number of imidazole rings is 1. The lowest BCUT2D eigenvalue weighted by Crippen LogP contribution is -3.00. The Hall–Kier alpha value is -1.43. The van der Waals surface area contributed by atoms with Gasteiger partial charge in [-0.3, -0.25) is 0 Å². The maximum atomic E-state index is 12.2. The normalized spacial score (nSPS) is 11.4. The van der Waals surface area contributed by atoms with Crippen molar-refractivity contribution in [3.8, 4) is 0 Å². The first-order valence-corrected chi connectivity index (χ1v) is 3.79. The van der Waals surface area contributed by atoms with Crippen molar-refractivity contribution in [1.29, 1.82) is 0 Å². The minimum atomic E-state index is -4.45. The molecule has 0 aliphatic carbocycles. The Balaban J connectivity index is 0.00000112. The third-order valence-corrected chi connectivity index (χ3v) is 1.77. The molecule has 0 unspecified atom stereocenters. The third kappa shape index (κ3) is 2.15. The number of nitrogens with two attached hydrogens (primary N) is 1. The minimum Gasteiger partial charge on any atom is -1.00 e. The molecular weight excluding hydrogens is 231 g/mol. The van der Waals surface area contributed by atoms with Crippen LogP contribution in [0.1, 0.15) is 5.82 Å². The highest BCUT2D eigenvalue weighted by molar-refractivity contribution is 5.78. The fourth-order valence-electron chi connectivity index (χ4n) is 1.16. The van der Waals surface area contributed by atoms with Gasteiger partial charge in [0, 0.05) is 5.69 Å². The lowest BCUT2D eigenvalue weighted by molar-refractivity contribution is -0.144. The molecule has 0 saturated carbocycles. The number of nitrogens with zero attached hydrogens (tertiary/aromatic N) is 1. The smallest absolute Gasteiger partial charge is 0.449 e. The van der Waals surface area contributed by atoms with Crippen LogP contribution in [0.4, 0.5) is 18.9 Å². The van der Waals surface area contributed by atoms with Crippen molar-refractivity contribution in [3.63, 3.8) is 0 Å². The molecule has 0 atom stereocenters. The molecule has 82 valence electrons. The van der Waals surface area contributed by atoms with E-state index in [2.05, 4.69) is 9.97 Å². The van der Waals surface area contributed by atoms with Crippen molar-refractivity contribution in [1.82, 2.24) is 9.97 Å². The maximum absolute atomic E-state index is 12.2. The van der Waals surface area contributed by atoms with Crippen LogP contribution >= 0.6 is 0 Å². The summed E-state index contributed by atoms with van der Waals surface area (Å²) in [5, 5.41) is 0. The van der Waals surface area contributed by atoms with Crippen molar-refractivity contribution in [2.75, 3.05) is 5.73 Å². The zero-order chi connectivity index (χ0) is 10.3. The average molecular weight is 237 g/mol. The Morgan fingerprint density at radius 2 is 1.93 bits per heavy atom. The summed E-state index contributed by atoms with van der Waals surface area (Å²) in [6.07, 6.45) is -4.45. The van der Waals surface area contributed by atoms with Gasteiger partial charge in [0.2, 0.25) is 5.82 Å². The van der Waals surface area contributed by atoms with Crippen LogP contribution < -0.4 is 18.1 Å². The van der Waals surface area contributed by atoms with E-state index in [1.165, 1.54) is 18.2 Å². The summed E-state index contributed by atoms with van der Waals surface area (Å²) in [7, 11) is 0. The Bertz CT molecular complexity index is 477. The molecule has 3 N–H and O–H groups in total. The molecule has 2 rings (SSSR count). The quantitative estimate of drug-likeness (QED) is 0.587. The minimum absolute atomic E-state index is 0. The molecular formula is C8H6ClF3N3-. The van der Waals surface area contributed by atoms with Crippen LogP contribution in [0.5, 0.6) is 0 Å². The Morgan fingerprint density at radius 1 is 1.27 bits per heavy atom. The van der Waals surface area contributed by atoms with Gasteiger partial charge in [0.25, 0.3) is 0 Å². The number of hydrogen-bond acceptors (Lipinski definition) is 2. The Kier molecular flexibility index (Phi) is 2.81. The highest BCUT2D eigenvalue weighted by atomic mass is 35.5. The zero-order valence-electron chi connectivity index (χ0n) is 7.27. The molecule has 1 aromatic carbocycles. The molecule has 0 aliphatic rings. The second kappa shape index (κ2) is 3.62. The van der Waals surface area contributed by atoms with E-state index in [0.717, 1.165) is 0 Å². The molecule has 7 heteroatoms. The number of nitrogen functional groups attached to an aromatic ring is 1. The van der Waals surface area contributed by atoms with Crippen molar-refractivity contribution in [3.05, 3.63) is 24.0 Å². The van der Waals surface area contributed by atoms with Gasteiger partial charge in [0.15, 0.2) is 0 Å². The van der Waals surface area contributed by atoms with Gasteiger partial charge < -0.3 is 23.1 Å². The largest absolute Gasteiger partial charge is 1.00 e. The maximum Gasteiger partial charge on any atom is 0.449 e. The fraction of sp³-hybridized carbons (Fsp3) is 0.125. The van der Waals surface area contributed by atoms with Gasteiger partial charge in [0.05, 0.1) is 11.0 Å². The van der Waals surface area contributed by atoms with Crippen LogP contribution in [0.3, 0.4) is 0 Å². The van der Waals surface area contributed by atoms with Crippen molar-refractivity contribution < 1.29 is 25.6 Å². The summed E-state index contributed by atoms with van der Waals surface area (Å²) in [4.78, 5) is 5.55. The van der Waals surface area contributed by atoms with Gasteiger partial charge in [0.1, 0.15) is 0 Å². The number of benzene rings is 1. The molecule has 0 fully saturated rings. The summed E-state index contributed by atoms with van der Waals surface area (Å²) >= 11 is 0. The monoisotopic (exact) mass is 236 g/mol. The van der Waals surface area contributed by atoms with E-state index in [0.29, 0.717) is 5.69 Å². The summed E-state index contributed by atoms with van der Waals surface area (Å²) in [6.45, 7) is 0. The molecule has 0 bridgehead atoms. The average Bonchev–Trinajstić information content (AvgIpc) is 2.45. The molecule has 1 aromatic heterocycles. The summed E-state index contributed by atoms with van der Waals surface area (Å²) in [5.74, 6) is -1.00. The first-order valence-electron chi connectivity index (χ1n) is 3.79. The summed E-state index contributed by atoms with van der Waals surface area (Å²) in [5.41, 5.74) is 6.36. The van der Waals surface area contributed by atoms with E-state index in [-0.39, 0.29) is 23.4 Å². The Labute approximate surface area is 88.9 Å². The Morgan fingerprint density at radius 3 is 2.53 bits per heavy atom. The van der Waals surface area contributed by atoms with E-state index in [1.54, 1.807) is 0 Å². The van der Waals surface area contributed by atoms with E-state index < -0.39 is 12.0 Å². The van der Waals surface area contributed by atoms with Crippen LogP contribution in [-0.4, -0.2) is 9.97 Å². The van der Waals surface area contributed by atoms with Crippen LogP contribution in [0.2, 0.25) is 0 Å². The number of hydrogen-bond donors (Lipinski definition) is 2. The number of rotatable bonds is 0. The lowest BCUT2D eigenvalue weighted by atomic mass is 10.3. The molecule has 0 aliphatic heterocycles. The SMILES string of the molecule is Nc1ccc2nc(C(F)(F)F)[nH]c2c1.[Cl-]. The van der Waals surface area contributed by atoms with Gasteiger partial charge in [-0.1, -0.05) is 0 Å². The predicted octanol–water partition coefficient (Wildman–Crippen LogP) is -0.832. The molecule has 0 amide bonds. The lowest BCUT2D eigenvalue weighted by Gasteiger charge is -1.98. The molecule has 1 heterocycles. The number of nitrogens with one attached hydrogen (secondary N) is 1. The molecule has 0 spiro atoms. The number of H-pyrrole nitrogens is 1. The summed E-state index contributed by atoms with van der Waals surface area (Å²) < 4.78 is 36.6. The van der Waals surface area contributed by atoms with Gasteiger partial charge >= 0.3 is 6.18 Å². The number of anilines is 1. The van der Waals surface area contributed by atoms with Crippen LogP contribution in [0.25, 0.3) is 11.0 Å². The molecule has 2 aromatic rings. The summed E-state index contributed by atoms with van der Waals surface area (Å²) in [6, 6.07) is 4.36. The van der Waals surface area contributed by atoms with E-state index in [9.17, 15) is 13.2 Å². The number of aromatic nitrogens is 2. The van der Waals surface area contributed by atoms with Gasteiger partial charge in [-0.2, -0.15) is 13.2 Å². The fourth-order valence-corrected chi connectivity index (χ4v) is 1.16. The van der Waals surface area contributed by atoms with Crippen molar-refractivity contribution >= 4 is 16.7 Å². The second-order valence-electron chi connectivity index (χ2n) is 2.86. The molecule has 15 heavy (non-hydrogen) atoms. The van der Waals surface area contributed by atoms with Gasteiger partial charge in [-0.15, -0.1) is 0 Å². The number of alkyl halides is 3. The highest BCUT2D eigenvalue weighted by Gasteiger charge is 2.34. The van der Waals surface area contributed by atoms with Crippen molar-refractivity contribution in [2.24, 2.45) is 0 Å². The number of aromatic amines is 1. The highest BCUT2D eigenvalue weighted by Crippen LogP contribution is 2.28. The van der Waals surface area contributed by atoms with Crippen LogP contribution in [0.15, 0.2) is 18.2 Å². The zero-order valence-corrected chi connectivity index (χ0v) is 8.02. The first kappa shape index (κ1) is 11.6. The molecule has 3 nitrogen and oxygen atoms in total. The van der Waals surface area contributed by atoms with Crippen LogP contribution in [0, 0.1) is 0 Å². The standard InChI is InChI=1S/C8H6F3N3.ClH/c9-8(10,11)7-13-5-2-1-4(12)3-6(5)14-7;/h1-3H,12H2,(H,13,14);1H/p-1. The first-order chi connectivity index (χ1) is 6.47.